The van der Waals surface area contributed by atoms with Gasteiger partial charge in [-0.2, -0.15) is 0 Å². The number of halogens is 1. The Balaban J connectivity index is 1.18. The van der Waals surface area contributed by atoms with Gasteiger partial charge in [-0.25, -0.2) is 15.0 Å². The third kappa shape index (κ3) is 5.48. The number of rotatable bonds is 6. The topological polar surface area (TPSA) is 112 Å². The van der Waals surface area contributed by atoms with Gasteiger partial charge in [0, 0.05) is 37.4 Å². The number of ether oxygens (including phenoxy) is 2. The van der Waals surface area contributed by atoms with Gasteiger partial charge in [-0.05, 0) is 73.1 Å². The first-order valence-corrected chi connectivity index (χ1v) is 13.9. The lowest BCUT2D eigenvalue weighted by Crippen LogP contribution is -2.36. The number of anilines is 2. The molecule has 0 bridgehead atoms. The molecule has 6 rings (SSSR count). The maximum atomic E-state index is 6.24. The molecule has 38 heavy (non-hydrogen) atoms. The molecule has 0 amide bonds. The number of piperidine rings is 1. The normalized spacial score (nSPS) is 17.2. The molecule has 3 aromatic heterocycles. The van der Waals surface area contributed by atoms with Gasteiger partial charge in [0.05, 0.1) is 17.2 Å². The Morgan fingerprint density at radius 3 is 2.58 bits per heavy atom. The number of nitrogens with two attached hydrogens (primary N) is 1. The van der Waals surface area contributed by atoms with E-state index < -0.39 is 0 Å². The Hall–Kier alpha value is -3.21. The first kappa shape index (κ1) is 25.1. The van der Waals surface area contributed by atoms with Crippen LogP contribution < -0.4 is 10.6 Å². The van der Waals surface area contributed by atoms with Crippen molar-refractivity contribution in [1.29, 1.82) is 0 Å². The van der Waals surface area contributed by atoms with Crippen molar-refractivity contribution in [1.82, 2.24) is 25.1 Å². The van der Waals surface area contributed by atoms with Crippen molar-refractivity contribution < 1.29 is 9.47 Å². The number of pyridine rings is 1. The maximum absolute atomic E-state index is 6.24. The van der Waals surface area contributed by atoms with E-state index in [-0.39, 0.29) is 0 Å². The van der Waals surface area contributed by atoms with Crippen LogP contribution >= 0.6 is 15.9 Å². The Bertz CT molecular complexity index is 1400. The third-order valence-electron chi connectivity index (χ3n) is 7.36. The van der Waals surface area contributed by atoms with Gasteiger partial charge in [-0.3, -0.25) is 0 Å². The molecule has 0 spiro atoms. The summed E-state index contributed by atoms with van der Waals surface area (Å²) in [7, 11) is 0. The van der Waals surface area contributed by atoms with Crippen molar-refractivity contribution in [2.45, 2.75) is 31.8 Å². The molecule has 5 heterocycles. The van der Waals surface area contributed by atoms with Crippen LogP contribution in [0.4, 0.5) is 11.6 Å². The molecule has 0 radical (unpaired) electrons. The minimum absolute atomic E-state index is 0.357. The first-order chi connectivity index (χ1) is 18.6. The van der Waals surface area contributed by atoms with E-state index in [9.17, 15) is 0 Å². The monoisotopic (exact) mass is 575 g/mol. The summed E-state index contributed by atoms with van der Waals surface area (Å²) in [5.41, 5.74) is 10.0. The molecule has 10 heteroatoms. The molecule has 4 aromatic rings. The van der Waals surface area contributed by atoms with Crippen LogP contribution in [0.2, 0.25) is 0 Å². The van der Waals surface area contributed by atoms with Gasteiger partial charge >= 0.3 is 0 Å². The highest BCUT2D eigenvalue weighted by atomic mass is 79.9. The molecule has 9 nitrogen and oxygen atoms in total. The average Bonchev–Trinajstić information content (AvgIpc) is 2.97. The van der Waals surface area contributed by atoms with Crippen molar-refractivity contribution in [3.63, 3.8) is 0 Å². The van der Waals surface area contributed by atoms with Gasteiger partial charge in [0.25, 0.3) is 0 Å². The van der Waals surface area contributed by atoms with Gasteiger partial charge in [0.1, 0.15) is 17.8 Å². The van der Waals surface area contributed by atoms with Crippen LogP contribution in [0.1, 0.15) is 25.7 Å². The van der Waals surface area contributed by atoms with Crippen LogP contribution in [0, 0.1) is 5.92 Å². The fourth-order valence-electron chi connectivity index (χ4n) is 5.18. The molecule has 0 unspecified atom stereocenters. The molecule has 2 aliphatic heterocycles. The molecule has 2 aliphatic rings. The average molecular weight is 576 g/mol. The van der Waals surface area contributed by atoms with Gasteiger partial charge in [-0.15, -0.1) is 10.2 Å². The van der Waals surface area contributed by atoms with Crippen molar-refractivity contribution in [3.8, 4) is 22.5 Å². The van der Waals surface area contributed by atoms with Crippen LogP contribution in [0.15, 0.2) is 53.3 Å². The predicted octanol–water partition coefficient (Wildman–Crippen LogP) is 4.91. The zero-order chi connectivity index (χ0) is 25.9. The van der Waals surface area contributed by atoms with E-state index in [0.717, 1.165) is 85.4 Å². The molecular formula is C28H30BrN7O2. The van der Waals surface area contributed by atoms with Gasteiger partial charge in [0.15, 0.2) is 11.5 Å². The lowest BCUT2D eigenvalue weighted by Gasteiger charge is -2.33. The van der Waals surface area contributed by atoms with Crippen LogP contribution in [0.3, 0.4) is 0 Å². The Morgan fingerprint density at radius 2 is 1.82 bits per heavy atom. The minimum atomic E-state index is 0.357. The highest BCUT2D eigenvalue weighted by Gasteiger charge is 2.23. The Morgan fingerprint density at radius 1 is 0.974 bits per heavy atom. The number of nitrogens with zero attached hydrogens (tertiary/aromatic N) is 6. The van der Waals surface area contributed by atoms with E-state index in [0.29, 0.717) is 34.9 Å². The maximum Gasteiger partial charge on any atom is 0.165 e. The fourth-order valence-corrected chi connectivity index (χ4v) is 5.58. The quantitative estimate of drug-likeness (QED) is 0.342. The summed E-state index contributed by atoms with van der Waals surface area (Å²) >= 11 is 3.56. The number of fused-ring (bicyclic) bond motifs is 1. The molecule has 0 atom stereocenters. The van der Waals surface area contributed by atoms with Crippen molar-refractivity contribution >= 4 is 38.6 Å². The largest absolute Gasteiger partial charge is 0.383 e. The van der Waals surface area contributed by atoms with Crippen molar-refractivity contribution in [2.24, 2.45) is 5.92 Å². The number of aromatic nitrogens is 5. The first-order valence-electron chi connectivity index (χ1n) is 13.1. The highest BCUT2D eigenvalue weighted by molar-refractivity contribution is 9.10. The van der Waals surface area contributed by atoms with Crippen LogP contribution in [0.25, 0.3) is 33.5 Å². The summed E-state index contributed by atoms with van der Waals surface area (Å²) in [6, 6.07) is 14.0. The summed E-state index contributed by atoms with van der Waals surface area (Å²) in [5, 5.41) is 9.84. The minimum Gasteiger partial charge on any atom is -0.383 e. The van der Waals surface area contributed by atoms with E-state index in [1.165, 1.54) is 6.33 Å². The third-order valence-corrected chi connectivity index (χ3v) is 7.85. The molecule has 0 aliphatic carbocycles. The van der Waals surface area contributed by atoms with E-state index in [1.807, 2.05) is 42.5 Å². The summed E-state index contributed by atoms with van der Waals surface area (Å²) in [5.74, 6) is 1.87. The lowest BCUT2D eigenvalue weighted by molar-refractivity contribution is -0.0448. The molecule has 2 saturated heterocycles. The van der Waals surface area contributed by atoms with E-state index in [4.69, 9.17) is 20.2 Å². The van der Waals surface area contributed by atoms with Crippen LogP contribution in [-0.2, 0) is 9.47 Å². The second-order valence-electron chi connectivity index (χ2n) is 9.88. The molecular weight excluding hydrogens is 546 g/mol. The molecule has 196 valence electrons. The molecule has 0 saturated carbocycles. The molecule has 2 N–H and O–H groups in total. The van der Waals surface area contributed by atoms with E-state index in [1.54, 1.807) is 0 Å². The van der Waals surface area contributed by atoms with Gasteiger partial charge < -0.3 is 20.1 Å². The second-order valence-corrected chi connectivity index (χ2v) is 10.8. The highest BCUT2D eigenvalue weighted by Crippen LogP contribution is 2.34. The van der Waals surface area contributed by atoms with Crippen molar-refractivity contribution in [3.05, 3.63) is 53.3 Å². The van der Waals surface area contributed by atoms with Crippen LogP contribution in [0.5, 0.6) is 0 Å². The summed E-state index contributed by atoms with van der Waals surface area (Å²) in [4.78, 5) is 15.6. The van der Waals surface area contributed by atoms with Gasteiger partial charge in [0.2, 0.25) is 0 Å². The number of benzene rings is 1. The Labute approximate surface area is 229 Å². The summed E-state index contributed by atoms with van der Waals surface area (Å²) in [6.07, 6.45) is 6.00. The zero-order valence-corrected chi connectivity index (χ0v) is 22.7. The predicted molar refractivity (Wildman–Crippen MR) is 151 cm³/mol. The SMILES string of the molecule is Nc1ncnc2nc(-c3ccc(N4CCC(COC5CCOCC5)CC4)nn3)cc(-c3cccc(Br)c3)c12. The smallest absolute Gasteiger partial charge is 0.165 e. The Kier molecular flexibility index (Phi) is 7.44. The standard InChI is InChI=1S/C28H30BrN7O2/c29-20-3-1-2-19(14-20)22-15-24(33-28-26(22)27(30)31-17-32-28)23-4-5-25(35-34-23)36-10-6-18(7-11-36)16-38-21-8-12-37-13-9-21/h1-5,14-15,17-18,21H,6-13,16H2,(H2,30,31,32,33). The number of hydrogen-bond acceptors (Lipinski definition) is 9. The summed E-state index contributed by atoms with van der Waals surface area (Å²) in [6.45, 7) is 4.38. The lowest BCUT2D eigenvalue weighted by atomic mass is 9.97. The number of hydrogen-bond donors (Lipinski definition) is 1. The van der Waals surface area contributed by atoms with Gasteiger partial charge in [-0.1, -0.05) is 28.1 Å². The number of nitrogen functional groups attached to an aromatic ring is 1. The van der Waals surface area contributed by atoms with E-state index >= 15 is 0 Å². The van der Waals surface area contributed by atoms with Crippen molar-refractivity contribution in [2.75, 3.05) is 43.5 Å². The fraction of sp³-hybridized carbons (Fsp3) is 0.393. The van der Waals surface area contributed by atoms with E-state index in [2.05, 4.69) is 41.0 Å². The van der Waals surface area contributed by atoms with Crippen LogP contribution in [-0.4, -0.2) is 64.2 Å². The summed E-state index contributed by atoms with van der Waals surface area (Å²) < 4.78 is 12.6. The zero-order valence-electron chi connectivity index (χ0n) is 21.1. The second kappa shape index (κ2) is 11.3. The molecule has 2 fully saturated rings. The molecule has 1 aromatic carbocycles.